The molecule has 0 spiro atoms. The van der Waals surface area contributed by atoms with Gasteiger partial charge in [-0.1, -0.05) is 24.3 Å². The zero-order valence-electron chi connectivity index (χ0n) is 18.8. The molecular weight excluding hydrogens is 455 g/mol. The van der Waals surface area contributed by atoms with Gasteiger partial charge in [-0.25, -0.2) is 14.2 Å². The van der Waals surface area contributed by atoms with Crippen LogP contribution in [0.3, 0.4) is 0 Å². The third kappa shape index (κ3) is 5.89. The number of ether oxygens (including phenoxy) is 3. The molecule has 3 aromatic carbocycles. The quantitative estimate of drug-likeness (QED) is 0.138. The Bertz CT molecular complexity index is 1330. The molecule has 9 heteroatoms. The van der Waals surface area contributed by atoms with E-state index in [9.17, 15) is 19.3 Å². The molecule has 8 nitrogen and oxygen atoms in total. The summed E-state index contributed by atoms with van der Waals surface area (Å²) >= 11 is 0. The first-order valence-electron chi connectivity index (χ1n) is 10.8. The van der Waals surface area contributed by atoms with Crippen LogP contribution in [0, 0.1) is 22.9 Å². The van der Waals surface area contributed by atoms with Crippen LogP contribution in [0.1, 0.15) is 23.1 Å². The van der Waals surface area contributed by atoms with E-state index in [4.69, 9.17) is 14.2 Å². The Labute approximate surface area is 200 Å². The van der Waals surface area contributed by atoms with Crippen LogP contribution in [0.2, 0.25) is 0 Å². The summed E-state index contributed by atoms with van der Waals surface area (Å²) in [5.41, 5.74) is 1.08. The SMILES string of the molecule is Cc1cccc(OCCCOc2ccc([N+](=O)[O-])cc2/C=C2/N=C(c3ccccc3F)OC2=O)c1. The van der Waals surface area contributed by atoms with Crippen LogP contribution in [0.5, 0.6) is 11.5 Å². The second kappa shape index (κ2) is 10.6. The number of nitro groups is 1. The van der Waals surface area contributed by atoms with Gasteiger partial charge in [0.25, 0.3) is 5.69 Å². The van der Waals surface area contributed by atoms with Crippen molar-refractivity contribution in [2.75, 3.05) is 13.2 Å². The van der Waals surface area contributed by atoms with Crippen LogP contribution in [-0.2, 0) is 9.53 Å². The highest BCUT2D eigenvalue weighted by Crippen LogP contribution is 2.29. The fraction of sp³-hybridized carbons (Fsp3) is 0.154. The fourth-order valence-corrected chi connectivity index (χ4v) is 3.34. The minimum absolute atomic E-state index is 0.0355. The summed E-state index contributed by atoms with van der Waals surface area (Å²) in [4.78, 5) is 27.1. The van der Waals surface area contributed by atoms with E-state index in [1.165, 1.54) is 42.5 Å². The summed E-state index contributed by atoms with van der Waals surface area (Å²) < 4.78 is 30.7. The van der Waals surface area contributed by atoms with Crippen molar-refractivity contribution in [3.8, 4) is 11.5 Å². The zero-order chi connectivity index (χ0) is 24.8. The smallest absolute Gasteiger partial charge is 0.363 e. The summed E-state index contributed by atoms with van der Waals surface area (Å²) in [5.74, 6) is -0.490. The van der Waals surface area contributed by atoms with Gasteiger partial charge in [-0.05, 0) is 48.9 Å². The number of halogens is 1. The first kappa shape index (κ1) is 23.6. The molecule has 0 fully saturated rings. The van der Waals surface area contributed by atoms with Crippen molar-refractivity contribution in [3.05, 3.63) is 105 Å². The van der Waals surface area contributed by atoms with E-state index in [0.717, 1.165) is 11.3 Å². The molecule has 3 aromatic rings. The number of non-ortho nitro benzene ring substituents is 1. The maximum atomic E-state index is 14.1. The van der Waals surface area contributed by atoms with Crippen LogP contribution >= 0.6 is 0 Å². The van der Waals surface area contributed by atoms with Crippen LogP contribution in [0.25, 0.3) is 6.08 Å². The normalized spacial score (nSPS) is 13.9. The Morgan fingerprint density at radius 2 is 1.86 bits per heavy atom. The average molecular weight is 476 g/mol. The summed E-state index contributed by atoms with van der Waals surface area (Å²) in [5, 5.41) is 11.3. The molecule has 0 atom stereocenters. The number of esters is 1. The maximum Gasteiger partial charge on any atom is 0.363 e. The molecule has 0 radical (unpaired) electrons. The molecule has 1 heterocycles. The molecule has 0 aliphatic carbocycles. The minimum Gasteiger partial charge on any atom is -0.493 e. The molecule has 1 aliphatic rings. The number of nitro benzene ring substituents is 1. The molecule has 0 N–H and O–H groups in total. The van der Waals surface area contributed by atoms with E-state index >= 15 is 0 Å². The van der Waals surface area contributed by atoms with Gasteiger partial charge in [0.05, 0.1) is 23.7 Å². The first-order chi connectivity index (χ1) is 16.9. The van der Waals surface area contributed by atoms with Crippen molar-refractivity contribution in [3.63, 3.8) is 0 Å². The van der Waals surface area contributed by atoms with E-state index in [0.29, 0.717) is 18.8 Å². The fourth-order valence-electron chi connectivity index (χ4n) is 3.34. The van der Waals surface area contributed by atoms with Gasteiger partial charge in [-0.15, -0.1) is 0 Å². The number of hydrogen-bond donors (Lipinski definition) is 0. The molecule has 4 rings (SSSR count). The van der Waals surface area contributed by atoms with Crippen LogP contribution < -0.4 is 9.47 Å². The lowest BCUT2D eigenvalue weighted by Crippen LogP contribution is -2.07. The van der Waals surface area contributed by atoms with Gasteiger partial charge in [0, 0.05) is 24.1 Å². The van der Waals surface area contributed by atoms with E-state index in [-0.39, 0.29) is 35.0 Å². The Hall–Kier alpha value is -4.53. The van der Waals surface area contributed by atoms with Gasteiger partial charge < -0.3 is 14.2 Å². The number of aryl methyl sites for hydroxylation is 1. The van der Waals surface area contributed by atoms with Crippen molar-refractivity contribution >= 4 is 23.6 Å². The maximum absolute atomic E-state index is 14.1. The molecule has 0 unspecified atom stereocenters. The molecule has 0 saturated heterocycles. The zero-order valence-corrected chi connectivity index (χ0v) is 18.8. The van der Waals surface area contributed by atoms with Gasteiger partial charge in [-0.2, -0.15) is 0 Å². The summed E-state index contributed by atoms with van der Waals surface area (Å²) in [7, 11) is 0. The van der Waals surface area contributed by atoms with E-state index in [1.54, 1.807) is 6.07 Å². The Kier molecular flexibility index (Phi) is 7.15. The highest BCUT2D eigenvalue weighted by molar-refractivity contribution is 6.13. The molecular formula is C26H21FN2O6. The van der Waals surface area contributed by atoms with Gasteiger partial charge >= 0.3 is 5.97 Å². The van der Waals surface area contributed by atoms with Crippen molar-refractivity contribution in [2.24, 2.45) is 4.99 Å². The summed E-state index contributed by atoms with van der Waals surface area (Å²) in [6, 6.07) is 17.5. The monoisotopic (exact) mass is 476 g/mol. The lowest BCUT2D eigenvalue weighted by Gasteiger charge is -2.10. The number of carbonyl (C=O) groups excluding carboxylic acids is 1. The van der Waals surface area contributed by atoms with Gasteiger partial charge in [0.15, 0.2) is 5.70 Å². The number of rotatable bonds is 9. The Morgan fingerprint density at radius 3 is 2.63 bits per heavy atom. The summed E-state index contributed by atoms with van der Waals surface area (Å²) in [6.45, 7) is 2.66. The number of hydrogen-bond acceptors (Lipinski definition) is 7. The van der Waals surface area contributed by atoms with Crippen LogP contribution in [0.4, 0.5) is 10.1 Å². The molecule has 0 amide bonds. The molecule has 0 bridgehead atoms. The molecule has 178 valence electrons. The van der Waals surface area contributed by atoms with Crippen molar-refractivity contribution < 1.29 is 28.3 Å². The third-order valence-electron chi connectivity index (χ3n) is 5.03. The topological polar surface area (TPSA) is 100 Å². The average Bonchev–Trinajstić information content (AvgIpc) is 3.19. The number of nitrogens with zero attached hydrogens (tertiary/aromatic N) is 2. The first-order valence-corrected chi connectivity index (χ1v) is 10.8. The number of aliphatic imine (C=N–C) groups is 1. The van der Waals surface area contributed by atoms with Gasteiger partial charge in [0.1, 0.15) is 17.3 Å². The van der Waals surface area contributed by atoms with Crippen molar-refractivity contribution in [1.29, 1.82) is 0 Å². The standard InChI is InChI=1S/C26H21FN2O6/c1-17-6-4-7-20(14-17)33-12-5-13-34-24-11-10-19(29(31)32)15-18(24)16-23-26(30)35-25(28-23)21-8-2-3-9-22(21)27/h2-4,6-11,14-16H,5,12-13H2,1H3/b23-16+. The number of cyclic esters (lactones) is 1. The predicted octanol–water partition coefficient (Wildman–Crippen LogP) is 5.23. The predicted molar refractivity (Wildman–Crippen MR) is 127 cm³/mol. The van der Waals surface area contributed by atoms with Crippen molar-refractivity contribution in [1.82, 2.24) is 0 Å². The lowest BCUT2D eigenvalue weighted by molar-refractivity contribution is -0.384. The highest BCUT2D eigenvalue weighted by Gasteiger charge is 2.26. The van der Waals surface area contributed by atoms with Crippen LogP contribution in [-0.4, -0.2) is 30.0 Å². The highest BCUT2D eigenvalue weighted by atomic mass is 19.1. The third-order valence-corrected chi connectivity index (χ3v) is 5.03. The second-order valence-electron chi connectivity index (χ2n) is 7.66. The Balaban J connectivity index is 1.50. The van der Waals surface area contributed by atoms with Crippen molar-refractivity contribution in [2.45, 2.75) is 13.3 Å². The molecule has 0 aromatic heterocycles. The number of benzene rings is 3. The molecule has 35 heavy (non-hydrogen) atoms. The van der Waals surface area contributed by atoms with Gasteiger partial charge in [0.2, 0.25) is 5.90 Å². The minimum atomic E-state index is -0.799. The van der Waals surface area contributed by atoms with Crippen LogP contribution in [0.15, 0.2) is 77.4 Å². The lowest BCUT2D eigenvalue weighted by atomic mass is 10.1. The van der Waals surface area contributed by atoms with E-state index in [1.807, 2.05) is 31.2 Å². The molecule has 1 aliphatic heterocycles. The summed E-state index contributed by atoms with van der Waals surface area (Å²) in [6.07, 6.45) is 1.88. The van der Waals surface area contributed by atoms with Gasteiger partial charge in [-0.3, -0.25) is 10.1 Å². The molecule has 0 saturated carbocycles. The van der Waals surface area contributed by atoms with E-state index in [2.05, 4.69) is 4.99 Å². The Morgan fingerprint density at radius 1 is 1.06 bits per heavy atom. The second-order valence-corrected chi connectivity index (χ2v) is 7.66. The van der Waals surface area contributed by atoms with E-state index < -0.39 is 16.7 Å². The largest absolute Gasteiger partial charge is 0.493 e. The number of carbonyl (C=O) groups is 1.